The zero-order valence-corrected chi connectivity index (χ0v) is 17.0. The molecule has 0 aliphatic heterocycles. The van der Waals surface area contributed by atoms with Gasteiger partial charge >= 0.3 is 0 Å². The van der Waals surface area contributed by atoms with Crippen LogP contribution < -0.4 is 16.0 Å². The Hall–Kier alpha value is -2.82. The van der Waals surface area contributed by atoms with Gasteiger partial charge in [-0.25, -0.2) is 23.7 Å². The summed E-state index contributed by atoms with van der Waals surface area (Å²) in [5, 5.41) is 0. The van der Waals surface area contributed by atoms with Gasteiger partial charge in [0, 0.05) is 30.0 Å². The highest BCUT2D eigenvalue weighted by Crippen LogP contribution is 2.22. The first kappa shape index (κ1) is 20.9. The molecule has 0 saturated heterocycles. The monoisotopic (exact) mass is 421 g/mol. The molecule has 8 nitrogen and oxygen atoms in total. The minimum Gasteiger partial charge on any atom is -0.368 e. The molecule has 3 heterocycles. The van der Waals surface area contributed by atoms with Crippen molar-refractivity contribution in [3.05, 3.63) is 34.9 Å². The van der Waals surface area contributed by atoms with Gasteiger partial charge in [0.1, 0.15) is 17.0 Å². The smallest absolute Gasteiger partial charge is 0.279 e. The van der Waals surface area contributed by atoms with E-state index >= 15 is 0 Å². The summed E-state index contributed by atoms with van der Waals surface area (Å²) in [5.41, 5.74) is 6.91. The molecule has 0 atom stereocenters. The van der Waals surface area contributed by atoms with E-state index in [9.17, 15) is 13.6 Å². The summed E-state index contributed by atoms with van der Waals surface area (Å²) in [4.78, 5) is 29.7. The van der Waals surface area contributed by atoms with E-state index in [0.717, 1.165) is 18.9 Å². The lowest BCUT2D eigenvalue weighted by atomic mass is 10.2. The lowest BCUT2D eigenvalue weighted by Crippen LogP contribution is -2.26. The van der Waals surface area contributed by atoms with Crippen molar-refractivity contribution in [2.24, 2.45) is 0 Å². The Balaban J connectivity index is 1.88. The Bertz CT molecular complexity index is 1060. The molecule has 0 spiro atoms. The summed E-state index contributed by atoms with van der Waals surface area (Å²) >= 11 is 1.15. The van der Waals surface area contributed by atoms with Gasteiger partial charge < -0.3 is 10.5 Å². The third-order valence-electron chi connectivity index (χ3n) is 4.02. The van der Waals surface area contributed by atoms with Crippen LogP contribution >= 0.6 is 11.9 Å². The van der Waals surface area contributed by atoms with Crippen molar-refractivity contribution in [3.8, 4) is 11.3 Å². The van der Waals surface area contributed by atoms with Gasteiger partial charge in [-0.15, -0.1) is 0 Å². The van der Waals surface area contributed by atoms with Crippen LogP contribution in [0.25, 0.3) is 22.4 Å². The van der Waals surface area contributed by atoms with Crippen molar-refractivity contribution >= 4 is 34.9 Å². The van der Waals surface area contributed by atoms with Gasteiger partial charge in [0.05, 0.1) is 6.20 Å². The van der Waals surface area contributed by atoms with Crippen LogP contribution in [0.4, 0.5) is 20.5 Å². The number of hydrogen-bond donors (Lipinski definition) is 2. The van der Waals surface area contributed by atoms with Gasteiger partial charge in [-0.3, -0.25) is 9.36 Å². The second kappa shape index (κ2) is 8.27. The van der Waals surface area contributed by atoms with Gasteiger partial charge in [-0.1, -0.05) is 11.9 Å². The molecule has 0 saturated carbocycles. The average molecular weight is 421 g/mol. The Morgan fingerprint density at radius 3 is 2.62 bits per heavy atom. The van der Waals surface area contributed by atoms with Gasteiger partial charge in [-0.05, 0) is 32.9 Å². The Labute approximate surface area is 170 Å². The normalized spacial score (nSPS) is 11.9. The van der Waals surface area contributed by atoms with Gasteiger partial charge in [0.2, 0.25) is 11.9 Å². The number of nitrogens with one attached hydrogen (secondary N) is 1. The van der Waals surface area contributed by atoms with Crippen molar-refractivity contribution in [2.45, 2.75) is 39.2 Å². The highest BCUT2D eigenvalue weighted by molar-refractivity contribution is 8.00. The second-order valence-electron chi connectivity index (χ2n) is 6.87. The maximum Gasteiger partial charge on any atom is 0.279 e. The van der Waals surface area contributed by atoms with Crippen LogP contribution in [0.1, 0.15) is 33.2 Å². The first-order chi connectivity index (χ1) is 13.7. The zero-order chi connectivity index (χ0) is 21.2. The van der Waals surface area contributed by atoms with Crippen LogP contribution in [-0.4, -0.2) is 36.2 Å². The van der Waals surface area contributed by atoms with Gasteiger partial charge in [0.25, 0.3) is 5.56 Å². The molecule has 29 heavy (non-hydrogen) atoms. The number of pyridine rings is 1. The highest BCUT2D eigenvalue weighted by atomic mass is 32.2. The quantitative estimate of drug-likeness (QED) is 0.440. The highest BCUT2D eigenvalue weighted by Gasteiger charge is 2.20. The van der Waals surface area contributed by atoms with Crippen molar-refractivity contribution < 1.29 is 8.78 Å². The molecule has 0 radical (unpaired) electrons. The fourth-order valence-corrected chi connectivity index (χ4v) is 3.46. The van der Waals surface area contributed by atoms with E-state index in [-0.39, 0.29) is 35.4 Å². The number of anilines is 2. The van der Waals surface area contributed by atoms with Crippen molar-refractivity contribution in [2.75, 3.05) is 16.2 Å². The molecule has 0 fully saturated rings. The zero-order valence-electron chi connectivity index (χ0n) is 16.2. The maximum absolute atomic E-state index is 13.0. The first-order valence-electron chi connectivity index (χ1n) is 8.92. The summed E-state index contributed by atoms with van der Waals surface area (Å²) in [7, 11) is 0. The van der Waals surface area contributed by atoms with Gasteiger partial charge in [-0.2, -0.15) is 4.98 Å². The van der Waals surface area contributed by atoms with Crippen LogP contribution in [0.2, 0.25) is 0 Å². The van der Waals surface area contributed by atoms with E-state index in [1.807, 2.05) is 13.8 Å². The number of aromatic nitrogens is 5. The molecule has 0 aliphatic rings. The molecular formula is C18H21F2N7OS. The molecule has 3 aromatic heterocycles. The molecule has 154 valence electrons. The van der Waals surface area contributed by atoms with E-state index in [1.165, 1.54) is 17.0 Å². The summed E-state index contributed by atoms with van der Waals surface area (Å²) in [6.07, 6.45) is 2.75. The molecule has 0 aliphatic carbocycles. The van der Waals surface area contributed by atoms with E-state index in [1.54, 1.807) is 12.1 Å². The summed E-state index contributed by atoms with van der Waals surface area (Å²) < 4.78 is 30.1. The predicted octanol–water partition coefficient (Wildman–Crippen LogP) is 3.52. The van der Waals surface area contributed by atoms with E-state index in [0.29, 0.717) is 22.5 Å². The van der Waals surface area contributed by atoms with Crippen LogP contribution in [0.15, 0.2) is 29.3 Å². The number of nitrogen functional groups attached to an aromatic ring is 1. The molecule has 3 N–H and O–H groups in total. The average Bonchev–Trinajstić information content (AvgIpc) is 2.64. The van der Waals surface area contributed by atoms with Crippen LogP contribution in [0, 0.1) is 0 Å². The molecule has 3 aromatic rings. The summed E-state index contributed by atoms with van der Waals surface area (Å²) in [6.45, 7) is 4.62. The maximum atomic E-state index is 13.0. The molecule has 0 amide bonds. The Morgan fingerprint density at radius 1 is 1.24 bits per heavy atom. The summed E-state index contributed by atoms with van der Waals surface area (Å²) in [5.74, 6) is -1.89. The number of fused-ring (bicyclic) bond motifs is 1. The van der Waals surface area contributed by atoms with E-state index in [4.69, 9.17) is 5.73 Å². The first-order valence-corrected chi connectivity index (χ1v) is 9.91. The Morgan fingerprint density at radius 2 is 2.00 bits per heavy atom. The largest absolute Gasteiger partial charge is 0.368 e. The molecule has 3 rings (SSSR count). The third kappa shape index (κ3) is 4.97. The number of hydrogen-bond acceptors (Lipinski definition) is 8. The molecule has 0 bridgehead atoms. The minimum absolute atomic E-state index is 0.0660. The fraction of sp³-hybridized carbons (Fsp3) is 0.389. The van der Waals surface area contributed by atoms with Crippen LogP contribution in [-0.2, 0) is 0 Å². The van der Waals surface area contributed by atoms with Crippen molar-refractivity contribution in [1.82, 2.24) is 24.5 Å². The predicted molar refractivity (Wildman–Crippen MR) is 111 cm³/mol. The third-order valence-corrected chi connectivity index (χ3v) is 4.79. The lowest BCUT2D eigenvalue weighted by Gasteiger charge is -2.14. The molecule has 0 unspecified atom stereocenters. The van der Waals surface area contributed by atoms with Crippen LogP contribution in [0.5, 0.6) is 0 Å². The number of nitrogens with zero attached hydrogens (tertiary/aromatic N) is 5. The summed E-state index contributed by atoms with van der Waals surface area (Å²) in [6, 6.07) is 3.20. The minimum atomic E-state index is -2.70. The van der Waals surface area contributed by atoms with Crippen LogP contribution in [0.3, 0.4) is 0 Å². The SMILES string of the molecule is CC(C)n1c(=O)c(-c2ccc(NSCCC(C)(F)F)nc2)nc2cnc(N)nc21. The van der Waals surface area contributed by atoms with Crippen molar-refractivity contribution in [3.63, 3.8) is 0 Å². The van der Waals surface area contributed by atoms with Crippen molar-refractivity contribution in [1.29, 1.82) is 0 Å². The molecular weight excluding hydrogens is 400 g/mol. The molecule has 0 aromatic carbocycles. The number of rotatable bonds is 7. The van der Waals surface area contributed by atoms with E-state index < -0.39 is 5.92 Å². The Kier molecular flexibility index (Phi) is 5.96. The number of nitrogens with two attached hydrogens (primary N) is 1. The van der Waals surface area contributed by atoms with Gasteiger partial charge in [0.15, 0.2) is 5.65 Å². The van der Waals surface area contributed by atoms with E-state index in [2.05, 4.69) is 24.7 Å². The molecule has 11 heteroatoms. The number of halogens is 2. The number of alkyl halides is 2. The lowest BCUT2D eigenvalue weighted by molar-refractivity contribution is 0.0194. The second-order valence-corrected chi connectivity index (χ2v) is 7.77. The topological polar surface area (TPSA) is 112 Å². The standard InChI is InChI=1S/C18H21F2N7OS/c1-10(2)27-15-12(9-23-17(21)25-15)24-14(16(27)28)11-4-5-13(22-8-11)26-29-7-6-18(3,19)20/h4-5,8-10H,6-7H2,1-3H3,(H,22,26)(H2,21,23,25). The fourth-order valence-electron chi connectivity index (χ4n) is 2.63.